The molecule has 1 aliphatic carbocycles. The molecule has 0 amide bonds. The first-order valence-electron chi connectivity index (χ1n) is 8.19. The van der Waals surface area contributed by atoms with Crippen molar-refractivity contribution in [2.45, 2.75) is 37.8 Å². The van der Waals surface area contributed by atoms with Crippen LogP contribution in [0.1, 0.15) is 25.7 Å². The molecule has 1 saturated carbocycles. The van der Waals surface area contributed by atoms with E-state index in [-0.39, 0.29) is 0 Å². The molecule has 3 fully saturated rings. The van der Waals surface area contributed by atoms with Crippen molar-refractivity contribution in [2.24, 2.45) is 0 Å². The van der Waals surface area contributed by atoms with E-state index in [0.717, 1.165) is 12.1 Å². The maximum Gasteiger partial charge on any atom is 0.0207 e. The van der Waals surface area contributed by atoms with E-state index >= 15 is 0 Å². The zero-order chi connectivity index (χ0) is 13.1. The molecule has 1 unspecified atom stereocenters. The first-order valence-corrected chi connectivity index (χ1v) is 8.19. The average Bonchev–Trinajstić information content (AvgIpc) is 3.17. The summed E-state index contributed by atoms with van der Waals surface area (Å²) in [6, 6.07) is 1.73. The van der Waals surface area contributed by atoms with Gasteiger partial charge in [0.05, 0.1) is 0 Å². The number of nitrogens with zero attached hydrogens (tertiary/aromatic N) is 3. The third-order valence-corrected chi connectivity index (χ3v) is 4.96. The highest BCUT2D eigenvalue weighted by Crippen LogP contribution is 2.29. The highest BCUT2D eigenvalue weighted by Gasteiger charge is 2.33. The Hall–Kier alpha value is -0.160. The van der Waals surface area contributed by atoms with Gasteiger partial charge in [0, 0.05) is 51.4 Å². The van der Waals surface area contributed by atoms with Crippen molar-refractivity contribution in [3.8, 4) is 0 Å². The van der Waals surface area contributed by atoms with Crippen LogP contribution >= 0.6 is 0 Å². The highest BCUT2D eigenvalue weighted by molar-refractivity contribution is 4.91. The number of hydrogen-bond donors (Lipinski definition) is 1. The fourth-order valence-corrected chi connectivity index (χ4v) is 3.41. The minimum absolute atomic E-state index is 0.771. The highest BCUT2D eigenvalue weighted by atomic mass is 15.2. The van der Waals surface area contributed by atoms with E-state index < -0.39 is 0 Å². The second-order valence-electron chi connectivity index (χ2n) is 6.66. The first-order chi connectivity index (χ1) is 9.31. The molecule has 2 heterocycles. The lowest BCUT2D eigenvalue weighted by Crippen LogP contribution is -2.45. The Balaban J connectivity index is 1.23. The van der Waals surface area contributed by atoms with Gasteiger partial charge in [0.15, 0.2) is 0 Å². The minimum atomic E-state index is 0.771. The van der Waals surface area contributed by atoms with Gasteiger partial charge < -0.3 is 15.1 Å². The summed E-state index contributed by atoms with van der Waals surface area (Å²) >= 11 is 0. The summed E-state index contributed by atoms with van der Waals surface area (Å²) in [6.07, 6.45) is 5.58. The van der Waals surface area contributed by atoms with Crippen LogP contribution in [0.5, 0.6) is 0 Å². The lowest BCUT2D eigenvalue weighted by atomic mass is 10.2. The molecule has 3 aliphatic rings. The van der Waals surface area contributed by atoms with Gasteiger partial charge in [-0.05, 0) is 45.8 Å². The molecule has 0 bridgehead atoms. The molecule has 1 N–H and O–H groups in total. The molecular weight excluding hydrogens is 236 g/mol. The standard InChI is InChI=1S/C15H30N4/c1-17-9-11-18(12-10-17)7-2-6-16-14-5-8-19(13-14)15-3-4-15/h14-16H,2-13H2,1H3. The van der Waals surface area contributed by atoms with Gasteiger partial charge in [0.25, 0.3) is 0 Å². The molecule has 1 atom stereocenters. The molecule has 19 heavy (non-hydrogen) atoms. The Morgan fingerprint density at radius 2 is 1.79 bits per heavy atom. The van der Waals surface area contributed by atoms with Gasteiger partial charge >= 0.3 is 0 Å². The van der Waals surface area contributed by atoms with Gasteiger partial charge in [-0.25, -0.2) is 0 Å². The lowest BCUT2D eigenvalue weighted by Gasteiger charge is -2.32. The van der Waals surface area contributed by atoms with Crippen LogP contribution in [0, 0.1) is 0 Å². The SMILES string of the molecule is CN1CCN(CCCNC2CCN(C3CC3)C2)CC1. The summed E-state index contributed by atoms with van der Waals surface area (Å²) in [5, 5.41) is 3.76. The van der Waals surface area contributed by atoms with Crippen LogP contribution in [0.25, 0.3) is 0 Å². The lowest BCUT2D eigenvalue weighted by molar-refractivity contribution is 0.152. The first kappa shape index (κ1) is 13.8. The van der Waals surface area contributed by atoms with Gasteiger partial charge in [-0.1, -0.05) is 0 Å². The largest absolute Gasteiger partial charge is 0.313 e. The van der Waals surface area contributed by atoms with Gasteiger partial charge in [-0.2, -0.15) is 0 Å². The molecule has 0 spiro atoms. The van der Waals surface area contributed by atoms with Crippen LogP contribution < -0.4 is 5.32 Å². The molecule has 0 aromatic carbocycles. The molecule has 110 valence electrons. The van der Waals surface area contributed by atoms with Gasteiger partial charge in [-0.15, -0.1) is 0 Å². The quantitative estimate of drug-likeness (QED) is 0.705. The second-order valence-corrected chi connectivity index (χ2v) is 6.66. The van der Waals surface area contributed by atoms with Crippen molar-refractivity contribution in [3.05, 3.63) is 0 Å². The topological polar surface area (TPSA) is 21.8 Å². The number of likely N-dealkylation sites (N-methyl/N-ethyl adjacent to an activating group) is 1. The maximum absolute atomic E-state index is 3.76. The Morgan fingerprint density at radius 1 is 1.00 bits per heavy atom. The van der Waals surface area contributed by atoms with E-state index in [9.17, 15) is 0 Å². The van der Waals surface area contributed by atoms with Crippen LogP contribution in [0.15, 0.2) is 0 Å². The second kappa shape index (κ2) is 6.53. The summed E-state index contributed by atoms with van der Waals surface area (Å²) in [5.74, 6) is 0. The summed E-state index contributed by atoms with van der Waals surface area (Å²) < 4.78 is 0. The van der Waals surface area contributed by atoms with Crippen molar-refractivity contribution in [3.63, 3.8) is 0 Å². The molecule has 0 radical (unpaired) electrons. The fraction of sp³-hybridized carbons (Fsp3) is 1.00. The van der Waals surface area contributed by atoms with E-state index in [2.05, 4.69) is 27.1 Å². The van der Waals surface area contributed by atoms with Crippen molar-refractivity contribution in [1.82, 2.24) is 20.0 Å². The molecule has 4 nitrogen and oxygen atoms in total. The number of hydrogen-bond acceptors (Lipinski definition) is 4. The average molecular weight is 266 g/mol. The normalized spacial score (nSPS) is 31.1. The zero-order valence-electron chi connectivity index (χ0n) is 12.5. The fourth-order valence-electron chi connectivity index (χ4n) is 3.41. The van der Waals surface area contributed by atoms with E-state index in [1.54, 1.807) is 0 Å². The summed E-state index contributed by atoms with van der Waals surface area (Å²) in [5.41, 5.74) is 0. The molecule has 3 rings (SSSR count). The summed E-state index contributed by atoms with van der Waals surface area (Å²) in [7, 11) is 2.23. The Kier molecular flexibility index (Phi) is 4.74. The number of nitrogens with one attached hydrogen (secondary N) is 1. The van der Waals surface area contributed by atoms with Crippen LogP contribution in [0.2, 0.25) is 0 Å². The Bertz CT molecular complexity index is 271. The minimum Gasteiger partial charge on any atom is -0.313 e. The smallest absolute Gasteiger partial charge is 0.0207 e. The predicted octanol–water partition coefficient (Wildman–Crippen LogP) is 0.450. The molecule has 4 heteroatoms. The van der Waals surface area contributed by atoms with Crippen LogP contribution in [-0.4, -0.2) is 86.2 Å². The summed E-state index contributed by atoms with van der Waals surface area (Å²) in [4.78, 5) is 7.74. The van der Waals surface area contributed by atoms with Crippen molar-refractivity contribution < 1.29 is 0 Å². The molecule has 2 aliphatic heterocycles. The number of likely N-dealkylation sites (tertiary alicyclic amines) is 1. The monoisotopic (exact) mass is 266 g/mol. The predicted molar refractivity (Wildman–Crippen MR) is 79.6 cm³/mol. The molecule has 2 saturated heterocycles. The summed E-state index contributed by atoms with van der Waals surface area (Å²) in [6.45, 7) is 10.1. The third-order valence-electron chi connectivity index (χ3n) is 4.96. The molecule has 0 aromatic rings. The van der Waals surface area contributed by atoms with Crippen molar-refractivity contribution >= 4 is 0 Å². The maximum atomic E-state index is 3.76. The van der Waals surface area contributed by atoms with E-state index in [1.165, 1.54) is 78.0 Å². The zero-order valence-corrected chi connectivity index (χ0v) is 12.5. The Labute approximate surface area is 118 Å². The van der Waals surface area contributed by atoms with Gasteiger partial charge in [-0.3, -0.25) is 4.90 Å². The van der Waals surface area contributed by atoms with Crippen molar-refractivity contribution in [2.75, 3.05) is 59.4 Å². The van der Waals surface area contributed by atoms with Gasteiger partial charge in [0.1, 0.15) is 0 Å². The number of piperazine rings is 1. The van der Waals surface area contributed by atoms with Gasteiger partial charge in [0.2, 0.25) is 0 Å². The van der Waals surface area contributed by atoms with Crippen molar-refractivity contribution in [1.29, 1.82) is 0 Å². The van der Waals surface area contributed by atoms with E-state index in [1.807, 2.05) is 0 Å². The van der Waals surface area contributed by atoms with E-state index in [0.29, 0.717) is 0 Å². The van der Waals surface area contributed by atoms with E-state index in [4.69, 9.17) is 0 Å². The van der Waals surface area contributed by atoms with Crippen LogP contribution in [0.3, 0.4) is 0 Å². The third kappa shape index (κ3) is 4.15. The molecule has 0 aromatic heterocycles. The Morgan fingerprint density at radius 3 is 2.53 bits per heavy atom. The molecular formula is C15H30N4. The van der Waals surface area contributed by atoms with Crippen LogP contribution in [-0.2, 0) is 0 Å². The number of rotatable bonds is 6. The van der Waals surface area contributed by atoms with Crippen LogP contribution in [0.4, 0.5) is 0 Å².